The summed E-state index contributed by atoms with van der Waals surface area (Å²) in [6.45, 7) is 0.666. The van der Waals surface area contributed by atoms with Crippen LogP contribution >= 0.6 is 0 Å². The largest absolute Gasteiger partial charge is 0.331 e. The van der Waals surface area contributed by atoms with Crippen molar-refractivity contribution in [3.63, 3.8) is 0 Å². The molecule has 1 atom stereocenters. The van der Waals surface area contributed by atoms with E-state index >= 15 is 0 Å². The first-order chi connectivity index (χ1) is 12.7. The minimum absolute atomic E-state index is 0.0634. The fourth-order valence-electron chi connectivity index (χ4n) is 3.66. The second-order valence-electron chi connectivity index (χ2n) is 6.59. The molecule has 4 nitrogen and oxygen atoms in total. The summed E-state index contributed by atoms with van der Waals surface area (Å²) in [7, 11) is 0. The van der Waals surface area contributed by atoms with E-state index in [2.05, 4.69) is 10.2 Å². The van der Waals surface area contributed by atoms with E-state index in [4.69, 9.17) is 0 Å². The number of carbonyl (C=O) groups is 1. The Kier molecular flexibility index (Phi) is 4.52. The molecule has 1 fully saturated rings. The van der Waals surface area contributed by atoms with Crippen molar-refractivity contribution in [1.82, 2.24) is 15.1 Å². The second kappa shape index (κ2) is 7.12. The monoisotopic (exact) mass is 349 g/mol. The molecule has 2 heterocycles. The minimum atomic E-state index is -0.270. The number of piperidine rings is 1. The van der Waals surface area contributed by atoms with Crippen LogP contribution in [0.25, 0.3) is 11.3 Å². The SMILES string of the molecule is O=C(c1cn[nH]c1-c1ccccc1)N1CCCCC1c1cccc(F)c1. The molecule has 1 aromatic heterocycles. The summed E-state index contributed by atoms with van der Waals surface area (Å²) in [6, 6.07) is 16.2. The molecule has 1 N–H and O–H groups in total. The van der Waals surface area contributed by atoms with E-state index in [1.807, 2.05) is 41.3 Å². The summed E-state index contributed by atoms with van der Waals surface area (Å²) in [6.07, 6.45) is 4.41. The van der Waals surface area contributed by atoms with Crippen LogP contribution in [0.5, 0.6) is 0 Å². The van der Waals surface area contributed by atoms with Crippen molar-refractivity contribution in [2.24, 2.45) is 0 Å². The quantitative estimate of drug-likeness (QED) is 0.752. The molecule has 2 aromatic carbocycles. The third kappa shape index (κ3) is 3.12. The fraction of sp³-hybridized carbons (Fsp3) is 0.238. The van der Waals surface area contributed by atoms with Gasteiger partial charge in [0.15, 0.2) is 0 Å². The average Bonchev–Trinajstić information content (AvgIpc) is 3.18. The number of carbonyl (C=O) groups excluding carboxylic acids is 1. The number of H-pyrrole nitrogens is 1. The van der Waals surface area contributed by atoms with E-state index in [1.165, 1.54) is 12.1 Å². The first-order valence-corrected chi connectivity index (χ1v) is 8.89. The Labute approximate surface area is 151 Å². The van der Waals surface area contributed by atoms with Crippen LogP contribution in [0.1, 0.15) is 41.2 Å². The summed E-state index contributed by atoms with van der Waals surface area (Å²) in [4.78, 5) is 15.2. The number of likely N-dealkylation sites (tertiary alicyclic amines) is 1. The molecular formula is C21H20FN3O. The number of nitrogens with zero attached hydrogens (tertiary/aromatic N) is 2. The van der Waals surface area contributed by atoms with E-state index in [0.717, 1.165) is 36.1 Å². The molecule has 26 heavy (non-hydrogen) atoms. The van der Waals surface area contributed by atoms with Gasteiger partial charge >= 0.3 is 0 Å². The lowest BCUT2D eigenvalue weighted by Crippen LogP contribution is -2.38. The van der Waals surface area contributed by atoms with Crippen LogP contribution in [-0.4, -0.2) is 27.5 Å². The highest BCUT2D eigenvalue weighted by Gasteiger charge is 2.30. The molecule has 1 amide bonds. The molecule has 0 bridgehead atoms. The normalized spacial score (nSPS) is 17.3. The Bertz CT molecular complexity index is 906. The first kappa shape index (κ1) is 16.5. The van der Waals surface area contributed by atoms with Crippen LogP contribution in [0.15, 0.2) is 60.8 Å². The maximum absolute atomic E-state index is 13.7. The third-order valence-corrected chi connectivity index (χ3v) is 4.93. The van der Waals surface area contributed by atoms with Gasteiger partial charge in [-0.15, -0.1) is 0 Å². The summed E-state index contributed by atoms with van der Waals surface area (Å²) in [5.41, 5.74) is 3.05. The maximum atomic E-state index is 13.7. The van der Waals surface area contributed by atoms with Gasteiger partial charge in [-0.3, -0.25) is 9.89 Å². The summed E-state index contributed by atoms with van der Waals surface area (Å²) < 4.78 is 13.7. The van der Waals surface area contributed by atoms with Gasteiger partial charge in [0.25, 0.3) is 5.91 Å². The zero-order valence-corrected chi connectivity index (χ0v) is 14.4. The van der Waals surface area contributed by atoms with Gasteiger partial charge < -0.3 is 4.90 Å². The van der Waals surface area contributed by atoms with Crippen LogP contribution in [0.2, 0.25) is 0 Å². The lowest BCUT2D eigenvalue weighted by molar-refractivity contribution is 0.0612. The molecule has 0 saturated carbocycles. The standard InChI is InChI=1S/C21H20FN3O/c22-17-10-6-9-16(13-17)19-11-4-5-12-25(19)21(26)18-14-23-24-20(18)15-7-2-1-3-8-15/h1-3,6-10,13-14,19H,4-5,11-12H2,(H,23,24). The molecule has 5 heteroatoms. The molecule has 1 aliphatic rings. The van der Waals surface area contributed by atoms with Crippen molar-refractivity contribution in [1.29, 1.82) is 0 Å². The van der Waals surface area contributed by atoms with Gasteiger partial charge in [-0.05, 0) is 37.0 Å². The highest BCUT2D eigenvalue weighted by molar-refractivity contribution is 6.00. The average molecular weight is 349 g/mol. The molecule has 132 valence electrons. The molecule has 0 spiro atoms. The van der Waals surface area contributed by atoms with E-state index < -0.39 is 0 Å². The van der Waals surface area contributed by atoms with Crippen molar-refractivity contribution in [2.45, 2.75) is 25.3 Å². The second-order valence-corrected chi connectivity index (χ2v) is 6.59. The number of rotatable bonds is 3. The van der Waals surface area contributed by atoms with Crippen LogP contribution in [-0.2, 0) is 0 Å². The van der Waals surface area contributed by atoms with Crippen molar-refractivity contribution < 1.29 is 9.18 Å². The van der Waals surface area contributed by atoms with E-state index in [1.54, 1.807) is 12.3 Å². The number of aromatic amines is 1. The first-order valence-electron chi connectivity index (χ1n) is 8.89. The van der Waals surface area contributed by atoms with Gasteiger partial charge in [0.1, 0.15) is 5.82 Å². The number of hydrogen-bond donors (Lipinski definition) is 1. The van der Waals surface area contributed by atoms with Gasteiger partial charge in [0.2, 0.25) is 0 Å². The smallest absolute Gasteiger partial charge is 0.258 e. The Hall–Kier alpha value is -2.95. The molecule has 1 aliphatic heterocycles. The summed E-state index contributed by atoms with van der Waals surface area (Å²) >= 11 is 0. The Morgan fingerprint density at radius 2 is 1.96 bits per heavy atom. The molecule has 0 aliphatic carbocycles. The van der Waals surface area contributed by atoms with Crippen molar-refractivity contribution in [2.75, 3.05) is 6.54 Å². The van der Waals surface area contributed by atoms with Crippen molar-refractivity contribution in [3.05, 3.63) is 77.7 Å². The van der Waals surface area contributed by atoms with E-state index in [9.17, 15) is 9.18 Å². The lowest BCUT2D eigenvalue weighted by Gasteiger charge is -2.36. The number of halogens is 1. The highest BCUT2D eigenvalue weighted by Crippen LogP contribution is 2.33. The van der Waals surface area contributed by atoms with Crippen LogP contribution in [0.3, 0.4) is 0 Å². The van der Waals surface area contributed by atoms with E-state index in [-0.39, 0.29) is 17.8 Å². The molecule has 4 rings (SSSR count). The maximum Gasteiger partial charge on any atom is 0.258 e. The van der Waals surface area contributed by atoms with Gasteiger partial charge in [-0.2, -0.15) is 5.10 Å². The molecule has 1 saturated heterocycles. The molecule has 0 radical (unpaired) electrons. The van der Waals surface area contributed by atoms with E-state index in [0.29, 0.717) is 12.1 Å². The zero-order valence-electron chi connectivity index (χ0n) is 14.4. The molecular weight excluding hydrogens is 329 g/mol. The minimum Gasteiger partial charge on any atom is -0.331 e. The number of aromatic nitrogens is 2. The van der Waals surface area contributed by atoms with Gasteiger partial charge in [0, 0.05) is 12.1 Å². The van der Waals surface area contributed by atoms with Gasteiger partial charge in [0.05, 0.1) is 23.5 Å². The number of benzene rings is 2. The Morgan fingerprint density at radius 3 is 2.77 bits per heavy atom. The fourth-order valence-corrected chi connectivity index (χ4v) is 3.66. The van der Waals surface area contributed by atoms with Crippen LogP contribution < -0.4 is 0 Å². The highest BCUT2D eigenvalue weighted by atomic mass is 19.1. The predicted molar refractivity (Wildman–Crippen MR) is 98.1 cm³/mol. The van der Waals surface area contributed by atoms with Gasteiger partial charge in [-0.1, -0.05) is 42.5 Å². The van der Waals surface area contributed by atoms with Crippen molar-refractivity contribution in [3.8, 4) is 11.3 Å². The van der Waals surface area contributed by atoms with Gasteiger partial charge in [-0.25, -0.2) is 4.39 Å². The number of hydrogen-bond acceptors (Lipinski definition) is 2. The van der Waals surface area contributed by atoms with Crippen LogP contribution in [0, 0.1) is 5.82 Å². The topological polar surface area (TPSA) is 49.0 Å². The predicted octanol–water partition coefficient (Wildman–Crippen LogP) is 4.58. The molecule has 3 aromatic rings. The summed E-state index contributed by atoms with van der Waals surface area (Å²) in [5, 5.41) is 7.04. The lowest BCUT2D eigenvalue weighted by atomic mass is 9.94. The molecule has 1 unspecified atom stereocenters. The Balaban J connectivity index is 1.68. The zero-order chi connectivity index (χ0) is 17.9. The van der Waals surface area contributed by atoms with Crippen molar-refractivity contribution >= 4 is 5.91 Å². The third-order valence-electron chi connectivity index (χ3n) is 4.93. The Morgan fingerprint density at radius 1 is 1.12 bits per heavy atom. The number of nitrogens with one attached hydrogen (secondary N) is 1. The number of amides is 1. The van der Waals surface area contributed by atoms with Crippen LogP contribution in [0.4, 0.5) is 4.39 Å². The summed E-state index contributed by atoms with van der Waals surface area (Å²) in [5.74, 6) is -0.333.